The minimum Gasteiger partial charge on any atom is -0.457 e. The lowest BCUT2D eigenvalue weighted by molar-refractivity contribution is -0.136. The molecule has 2 aromatic heterocycles. The molecule has 3 aromatic carbocycles. The Bertz CT molecular complexity index is 2450. The van der Waals surface area contributed by atoms with Crippen molar-refractivity contribution in [2.45, 2.75) is 37.8 Å². The molecule has 4 aliphatic rings. The first kappa shape index (κ1) is 37.7. The molecule has 0 bridgehead atoms. The molecule has 6 amide bonds. The summed E-state index contributed by atoms with van der Waals surface area (Å²) in [5, 5.41) is 11.1. The van der Waals surface area contributed by atoms with Gasteiger partial charge in [0.25, 0.3) is 11.8 Å². The van der Waals surface area contributed by atoms with Crippen molar-refractivity contribution >= 4 is 52.2 Å². The van der Waals surface area contributed by atoms with Gasteiger partial charge in [-0.25, -0.2) is 19.4 Å². The molecule has 3 fully saturated rings. The number of benzene rings is 3. The van der Waals surface area contributed by atoms with Crippen LogP contribution in [0.2, 0.25) is 0 Å². The van der Waals surface area contributed by atoms with Crippen molar-refractivity contribution < 1.29 is 28.7 Å². The molecule has 3 saturated heterocycles. The van der Waals surface area contributed by atoms with E-state index in [9.17, 15) is 24.0 Å². The molecule has 2 atom stereocenters. The quantitative estimate of drug-likeness (QED) is 0.184. The van der Waals surface area contributed by atoms with Crippen LogP contribution in [0.1, 0.15) is 52.4 Å². The van der Waals surface area contributed by atoms with Crippen LogP contribution in [0.15, 0.2) is 79.1 Å². The van der Waals surface area contributed by atoms with Crippen LogP contribution < -0.4 is 26.0 Å². The van der Waals surface area contributed by atoms with Crippen LogP contribution in [-0.2, 0) is 9.59 Å². The first-order valence-electron chi connectivity index (χ1n) is 19.9. The van der Waals surface area contributed by atoms with Gasteiger partial charge in [0, 0.05) is 63.5 Å². The molecule has 17 heteroatoms. The van der Waals surface area contributed by atoms with Gasteiger partial charge < -0.3 is 25.6 Å². The highest BCUT2D eigenvalue weighted by Crippen LogP contribution is 2.35. The number of para-hydroxylation sites is 1. The number of nitrogen functional groups attached to an aromatic ring is 1. The van der Waals surface area contributed by atoms with Crippen LogP contribution in [0.4, 0.5) is 16.3 Å². The summed E-state index contributed by atoms with van der Waals surface area (Å²) in [5.41, 5.74) is 9.93. The Morgan fingerprint density at radius 3 is 2.41 bits per heavy atom. The summed E-state index contributed by atoms with van der Waals surface area (Å²) in [6.45, 7) is 4.83. The summed E-state index contributed by atoms with van der Waals surface area (Å²) in [4.78, 5) is 79.8. The van der Waals surface area contributed by atoms with E-state index in [0.717, 1.165) is 47.8 Å². The number of piperazine rings is 1. The van der Waals surface area contributed by atoms with E-state index >= 15 is 0 Å². The normalized spacial score (nSPS) is 19.9. The Hall–Kier alpha value is -6.88. The molecule has 59 heavy (non-hydrogen) atoms. The number of nitrogens with zero attached hydrogens (tertiary/aromatic N) is 8. The van der Waals surface area contributed by atoms with Crippen molar-refractivity contribution in [3.05, 3.63) is 90.3 Å². The predicted octanol–water partition coefficient (Wildman–Crippen LogP) is 3.44. The molecule has 4 N–H and O–H groups in total. The second-order valence-corrected chi connectivity index (χ2v) is 15.2. The largest absolute Gasteiger partial charge is 0.457 e. The fraction of sp³-hybridized carbons (Fsp3) is 0.333. The number of piperidine rings is 2. The molecule has 5 aromatic rings. The third-order valence-corrected chi connectivity index (χ3v) is 11.5. The average Bonchev–Trinajstić information content (AvgIpc) is 3.77. The van der Waals surface area contributed by atoms with E-state index in [1.807, 2.05) is 59.3 Å². The molecule has 0 aliphatic carbocycles. The predicted molar refractivity (Wildman–Crippen MR) is 217 cm³/mol. The zero-order valence-corrected chi connectivity index (χ0v) is 32.3. The smallest absolute Gasteiger partial charge is 0.317 e. The maximum atomic E-state index is 13.3. The van der Waals surface area contributed by atoms with Crippen LogP contribution in [0.25, 0.3) is 22.3 Å². The lowest BCUT2D eigenvalue weighted by Crippen LogP contribution is -2.54. The van der Waals surface area contributed by atoms with Gasteiger partial charge in [0.2, 0.25) is 11.8 Å². The number of rotatable bonds is 9. The second kappa shape index (κ2) is 15.8. The third kappa shape index (κ3) is 7.40. The van der Waals surface area contributed by atoms with E-state index in [-0.39, 0.29) is 36.0 Å². The van der Waals surface area contributed by atoms with Crippen molar-refractivity contribution in [3.8, 4) is 22.8 Å². The number of aromatic nitrogens is 4. The zero-order valence-electron chi connectivity index (χ0n) is 32.3. The molecule has 6 heterocycles. The number of likely N-dealkylation sites (tertiary alicyclic amines) is 1. The number of carbonyl (C=O) groups excluding carboxylic acids is 5. The summed E-state index contributed by atoms with van der Waals surface area (Å²) >= 11 is 0. The maximum absolute atomic E-state index is 13.3. The summed E-state index contributed by atoms with van der Waals surface area (Å²) < 4.78 is 7.97. The SMILES string of the molecule is Nc1ncnc2c1c(-c1ccc(Oc3ccccc3)cc1)nn2C1CCCN(CCNC(=O)N2CCN(c3ccc4c(c3)C(=O)N(C3CCC(=O)NC3=O)C4=O)CC2)C1. The highest BCUT2D eigenvalue weighted by atomic mass is 16.5. The summed E-state index contributed by atoms with van der Waals surface area (Å²) in [6.07, 6.45) is 3.52. The summed E-state index contributed by atoms with van der Waals surface area (Å²) in [6, 6.07) is 21.3. The minimum atomic E-state index is -1.02. The number of urea groups is 1. The molecule has 0 saturated carbocycles. The third-order valence-electron chi connectivity index (χ3n) is 11.5. The number of nitrogens with one attached hydrogen (secondary N) is 2. The van der Waals surface area contributed by atoms with Crippen LogP contribution in [0.5, 0.6) is 11.5 Å². The van der Waals surface area contributed by atoms with Gasteiger partial charge in [-0.3, -0.25) is 34.3 Å². The Labute approximate surface area is 339 Å². The molecular formula is C42H43N11O6. The molecule has 0 radical (unpaired) electrons. The number of nitrogens with two attached hydrogens (primary N) is 1. The molecule has 17 nitrogen and oxygen atoms in total. The van der Waals surface area contributed by atoms with E-state index in [1.165, 1.54) is 6.33 Å². The molecule has 0 spiro atoms. The van der Waals surface area contributed by atoms with Crippen LogP contribution in [0.3, 0.4) is 0 Å². The maximum Gasteiger partial charge on any atom is 0.317 e. The number of imide groups is 2. The van der Waals surface area contributed by atoms with E-state index in [1.54, 1.807) is 23.1 Å². The first-order chi connectivity index (χ1) is 28.7. The average molecular weight is 798 g/mol. The van der Waals surface area contributed by atoms with Gasteiger partial charge in [-0.05, 0) is 80.4 Å². The highest BCUT2D eigenvalue weighted by Gasteiger charge is 2.45. The van der Waals surface area contributed by atoms with Crippen molar-refractivity contribution in [2.24, 2.45) is 0 Å². The lowest BCUT2D eigenvalue weighted by atomic mass is 10.0. The molecule has 9 rings (SSSR count). The number of amides is 6. The number of anilines is 2. The van der Waals surface area contributed by atoms with Gasteiger partial charge in [0.15, 0.2) is 5.65 Å². The fourth-order valence-electron chi connectivity index (χ4n) is 8.45. The minimum absolute atomic E-state index is 0.0481. The van der Waals surface area contributed by atoms with E-state index in [4.69, 9.17) is 15.6 Å². The lowest BCUT2D eigenvalue weighted by Gasteiger charge is -2.36. The van der Waals surface area contributed by atoms with Gasteiger partial charge in [-0.15, -0.1) is 0 Å². The Balaban J connectivity index is 0.784. The fourth-order valence-corrected chi connectivity index (χ4v) is 8.45. The zero-order chi connectivity index (χ0) is 40.6. The van der Waals surface area contributed by atoms with Crippen molar-refractivity contribution in [3.63, 3.8) is 0 Å². The van der Waals surface area contributed by atoms with Gasteiger partial charge in [0.1, 0.15) is 35.4 Å². The number of hydrogen-bond acceptors (Lipinski definition) is 12. The number of hydrogen-bond donors (Lipinski definition) is 3. The second-order valence-electron chi connectivity index (χ2n) is 15.2. The Kier molecular flexibility index (Phi) is 10.1. The molecule has 4 aliphatic heterocycles. The van der Waals surface area contributed by atoms with Crippen molar-refractivity contribution in [1.82, 2.24) is 45.1 Å². The molecule has 302 valence electrons. The molecule has 2 unspecified atom stereocenters. The number of fused-ring (bicyclic) bond motifs is 2. The monoisotopic (exact) mass is 797 g/mol. The van der Waals surface area contributed by atoms with Crippen molar-refractivity contribution in [1.29, 1.82) is 0 Å². The number of carbonyl (C=O) groups is 5. The van der Waals surface area contributed by atoms with E-state index < -0.39 is 29.7 Å². The summed E-state index contributed by atoms with van der Waals surface area (Å²) in [7, 11) is 0. The molecular weight excluding hydrogens is 755 g/mol. The number of ether oxygens (including phenoxy) is 1. The van der Waals surface area contributed by atoms with Crippen LogP contribution >= 0.6 is 0 Å². The Morgan fingerprint density at radius 1 is 0.864 bits per heavy atom. The van der Waals surface area contributed by atoms with E-state index in [0.29, 0.717) is 67.6 Å². The summed E-state index contributed by atoms with van der Waals surface area (Å²) in [5.74, 6) is -0.305. The van der Waals surface area contributed by atoms with Gasteiger partial charge in [-0.1, -0.05) is 18.2 Å². The van der Waals surface area contributed by atoms with Crippen LogP contribution in [0, 0.1) is 0 Å². The Morgan fingerprint density at radius 2 is 1.63 bits per heavy atom. The van der Waals surface area contributed by atoms with E-state index in [2.05, 4.69) is 30.4 Å². The topological polar surface area (TPSA) is 201 Å². The van der Waals surface area contributed by atoms with Gasteiger partial charge >= 0.3 is 6.03 Å². The first-order valence-corrected chi connectivity index (χ1v) is 19.9. The standard InChI is InChI=1S/C42H43N11O6/c43-37-35-36(26-8-11-30(12-9-26)59-29-6-2-1-3-7-29)48-53(38(35)46-25-45-37)28-5-4-17-49(24-28)18-16-44-42(58)51-21-19-50(20-22-51)27-10-13-31-32(23-27)41(57)52(40(31)56)33-14-15-34(54)47-39(33)55/h1-3,6-13,23,25,28,33H,4-5,14-22,24H2,(H,44,58)(H2,43,45,46)(H,47,54,55). The highest BCUT2D eigenvalue weighted by molar-refractivity contribution is 6.23. The van der Waals surface area contributed by atoms with Gasteiger partial charge in [0.05, 0.1) is 22.6 Å². The van der Waals surface area contributed by atoms with Gasteiger partial charge in [-0.2, -0.15) is 5.10 Å². The van der Waals surface area contributed by atoms with Crippen LogP contribution in [-0.4, -0.2) is 123 Å². The van der Waals surface area contributed by atoms with Crippen molar-refractivity contribution in [2.75, 3.05) is 63.0 Å².